The molecule has 5 heterocycles. The molecule has 3 aliphatic rings. The van der Waals surface area contributed by atoms with Crippen molar-refractivity contribution in [3.8, 4) is 11.1 Å². The third kappa shape index (κ3) is 9.21. The first-order valence-electron chi connectivity index (χ1n) is 20.5. The monoisotopic (exact) mass is 856 g/mol. The predicted octanol–water partition coefficient (Wildman–Crippen LogP) is 4.64. The normalized spacial score (nSPS) is 17.8. The molecule has 0 aliphatic carbocycles. The molecule has 2 aromatic heterocycles. The Morgan fingerprint density at radius 1 is 0.833 bits per heavy atom. The Morgan fingerprint density at radius 2 is 1.53 bits per heavy atom. The van der Waals surface area contributed by atoms with Crippen molar-refractivity contribution in [3.05, 3.63) is 86.6 Å². The molecule has 1 atom stereocenters. The third-order valence-corrected chi connectivity index (χ3v) is 14.2. The van der Waals surface area contributed by atoms with E-state index in [2.05, 4.69) is 21.3 Å². The van der Waals surface area contributed by atoms with Crippen molar-refractivity contribution < 1.29 is 37.2 Å². The zero-order valence-electron chi connectivity index (χ0n) is 33.3. The lowest BCUT2D eigenvalue weighted by molar-refractivity contribution is -0.136. The second-order valence-corrected chi connectivity index (χ2v) is 18.8. The number of piperidine rings is 1. The molecule has 2 fully saturated rings. The molecule has 316 valence electrons. The Balaban J connectivity index is 0.840. The smallest absolute Gasteiger partial charge is 0.264 e. The van der Waals surface area contributed by atoms with E-state index in [1.165, 1.54) is 11.3 Å². The highest BCUT2D eigenvalue weighted by Crippen LogP contribution is 2.35. The predicted molar refractivity (Wildman–Crippen MR) is 228 cm³/mol. The van der Waals surface area contributed by atoms with E-state index in [4.69, 9.17) is 0 Å². The zero-order chi connectivity index (χ0) is 42.6. The van der Waals surface area contributed by atoms with Gasteiger partial charge in [-0.15, -0.1) is 11.3 Å². The van der Waals surface area contributed by atoms with E-state index in [1.807, 2.05) is 19.1 Å². The van der Waals surface area contributed by atoms with E-state index >= 15 is 0 Å². The SMILES string of the molecule is CCn1cc(-c2ccc(C(=O)NCCCCCCCCNc3cccc4c3C(=O)N(C3CCC(=O)NC3=O)C4=O)cc2)c2sc(C(=O)NC3CCS(=O)(=O)CC3)cc2c1=O. The summed E-state index contributed by atoms with van der Waals surface area (Å²) in [5, 5.41) is 11.9. The first-order chi connectivity index (χ1) is 28.8. The zero-order valence-corrected chi connectivity index (χ0v) is 35.0. The topological polar surface area (TPSA) is 210 Å². The van der Waals surface area contributed by atoms with Crippen LogP contribution in [0.4, 0.5) is 5.69 Å². The molecule has 2 saturated heterocycles. The second-order valence-electron chi connectivity index (χ2n) is 15.4. The van der Waals surface area contributed by atoms with Gasteiger partial charge < -0.3 is 20.5 Å². The highest BCUT2D eigenvalue weighted by Gasteiger charge is 2.45. The number of carbonyl (C=O) groups is 6. The quantitative estimate of drug-likeness (QED) is 0.0907. The van der Waals surface area contributed by atoms with Crippen molar-refractivity contribution in [1.29, 1.82) is 0 Å². The van der Waals surface area contributed by atoms with E-state index in [1.54, 1.807) is 47.2 Å². The number of carbonyl (C=O) groups excluding carboxylic acids is 6. The van der Waals surface area contributed by atoms with Crippen molar-refractivity contribution in [2.45, 2.75) is 89.8 Å². The van der Waals surface area contributed by atoms with Crippen LogP contribution in [0, 0.1) is 0 Å². The minimum Gasteiger partial charge on any atom is -0.384 e. The maximum atomic E-state index is 13.3. The lowest BCUT2D eigenvalue weighted by Crippen LogP contribution is -2.54. The minimum atomic E-state index is -3.06. The summed E-state index contributed by atoms with van der Waals surface area (Å²) in [4.78, 5) is 91.1. The number of unbranched alkanes of at least 4 members (excludes halogenated alkanes) is 5. The number of aryl methyl sites for hydroxylation is 1. The Morgan fingerprint density at radius 3 is 2.23 bits per heavy atom. The van der Waals surface area contributed by atoms with E-state index < -0.39 is 39.5 Å². The number of aromatic nitrogens is 1. The highest BCUT2D eigenvalue weighted by molar-refractivity contribution is 7.91. The number of nitrogens with zero attached hydrogens (tertiary/aromatic N) is 2. The van der Waals surface area contributed by atoms with Crippen molar-refractivity contribution in [2.24, 2.45) is 0 Å². The lowest BCUT2D eigenvalue weighted by atomic mass is 10.0. The first kappa shape index (κ1) is 42.4. The summed E-state index contributed by atoms with van der Waals surface area (Å²) in [5.74, 6) is -2.55. The maximum absolute atomic E-state index is 13.3. The molecule has 17 heteroatoms. The summed E-state index contributed by atoms with van der Waals surface area (Å²) in [6.07, 6.45) is 8.22. The largest absolute Gasteiger partial charge is 0.384 e. The van der Waals surface area contributed by atoms with Crippen LogP contribution < -0.4 is 26.8 Å². The Kier molecular flexibility index (Phi) is 12.9. The van der Waals surface area contributed by atoms with Gasteiger partial charge in [-0.25, -0.2) is 8.42 Å². The molecule has 7 rings (SSSR count). The first-order valence-corrected chi connectivity index (χ1v) is 23.1. The molecule has 1 unspecified atom stereocenters. The Bertz CT molecular complexity index is 2520. The van der Waals surface area contributed by atoms with Gasteiger partial charge in [0.2, 0.25) is 11.8 Å². The summed E-state index contributed by atoms with van der Waals surface area (Å²) < 4.78 is 25.9. The molecule has 0 bridgehead atoms. The van der Waals surface area contributed by atoms with Gasteiger partial charge in [-0.05, 0) is 74.9 Å². The molecule has 0 radical (unpaired) electrons. The molecule has 0 saturated carbocycles. The number of anilines is 1. The fraction of sp³-hybridized carbons (Fsp3) is 0.419. The average Bonchev–Trinajstić information content (AvgIpc) is 3.79. The molecule has 15 nitrogen and oxygen atoms in total. The summed E-state index contributed by atoms with van der Waals surface area (Å²) in [5.41, 5.74) is 2.92. The Hall–Kier alpha value is -5.68. The van der Waals surface area contributed by atoms with Crippen molar-refractivity contribution in [2.75, 3.05) is 29.9 Å². The number of hydrogen-bond donors (Lipinski definition) is 4. The summed E-state index contributed by atoms with van der Waals surface area (Å²) >= 11 is 1.22. The number of fused-ring (bicyclic) bond motifs is 2. The molecule has 60 heavy (non-hydrogen) atoms. The van der Waals surface area contributed by atoms with Crippen LogP contribution in [0.15, 0.2) is 59.5 Å². The van der Waals surface area contributed by atoms with Crippen molar-refractivity contribution in [3.63, 3.8) is 0 Å². The maximum Gasteiger partial charge on any atom is 0.264 e. The fourth-order valence-electron chi connectivity index (χ4n) is 7.97. The Labute approximate surface area is 351 Å². The molecule has 4 N–H and O–H groups in total. The van der Waals surface area contributed by atoms with Gasteiger partial charge in [0.05, 0.1) is 32.9 Å². The molecular weight excluding hydrogens is 809 g/mol. The third-order valence-electron chi connectivity index (χ3n) is 11.3. The number of sulfone groups is 1. The van der Waals surface area contributed by atoms with Crippen LogP contribution in [0.2, 0.25) is 0 Å². The molecule has 3 aliphatic heterocycles. The van der Waals surface area contributed by atoms with E-state index in [0.717, 1.165) is 54.6 Å². The van der Waals surface area contributed by atoms with Crippen LogP contribution in [0.25, 0.3) is 21.2 Å². The van der Waals surface area contributed by atoms with Crippen molar-refractivity contribution >= 4 is 72.4 Å². The second kappa shape index (κ2) is 18.3. The van der Waals surface area contributed by atoms with Gasteiger partial charge >= 0.3 is 0 Å². The van der Waals surface area contributed by atoms with Crippen LogP contribution >= 0.6 is 11.3 Å². The number of pyridine rings is 1. The van der Waals surface area contributed by atoms with Crippen LogP contribution in [-0.4, -0.2) is 90.0 Å². The van der Waals surface area contributed by atoms with Crippen LogP contribution in [-0.2, 0) is 26.0 Å². The van der Waals surface area contributed by atoms with E-state index in [-0.39, 0.29) is 58.9 Å². The van der Waals surface area contributed by atoms with Crippen LogP contribution in [0.3, 0.4) is 0 Å². The summed E-state index contributed by atoms with van der Waals surface area (Å²) in [6, 6.07) is 12.5. The van der Waals surface area contributed by atoms with Gasteiger partial charge in [-0.1, -0.05) is 43.9 Å². The number of imide groups is 2. The molecule has 4 aromatic rings. The number of thiophene rings is 1. The minimum absolute atomic E-state index is 0.0420. The molecule has 6 amide bonds. The highest BCUT2D eigenvalue weighted by atomic mass is 32.2. The van der Waals surface area contributed by atoms with Gasteiger partial charge in [0.15, 0.2) is 0 Å². The van der Waals surface area contributed by atoms with E-state index in [9.17, 15) is 42.0 Å². The molecule has 2 aromatic carbocycles. The van der Waals surface area contributed by atoms with Crippen molar-refractivity contribution in [1.82, 2.24) is 25.4 Å². The van der Waals surface area contributed by atoms with Gasteiger partial charge in [-0.2, -0.15) is 0 Å². The number of rotatable bonds is 16. The summed E-state index contributed by atoms with van der Waals surface area (Å²) in [7, 11) is -3.06. The van der Waals surface area contributed by atoms with Gasteiger partial charge in [-0.3, -0.25) is 43.8 Å². The average molecular weight is 857 g/mol. The standard InChI is InChI=1S/C43H48N6O9S2/c1-2-48-25-31(37-30(41(48)54)24-34(59-37)40(53)46-28-18-22-60(57,58)23-19-28)26-12-14-27(15-13-26)38(51)45-21-8-6-4-3-5-7-20-44-32-11-9-10-29-36(32)43(56)49(42(29)55)33-16-17-35(50)47-39(33)52/h9-15,24-25,28,33,44H,2-8,16-23H2,1H3,(H,45,51)(H,46,53)(H,47,50,52). The number of amides is 6. The van der Waals surface area contributed by atoms with Gasteiger partial charge in [0.1, 0.15) is 15.9 Å². The van der Waals surface area contributed by atoms with E-state index in [0.29, 0.717) is 58.7 Å². The number of benzene rings is 2. The summed E-state index contributed by atoms with van der Waals surface area (Å²) in [6.45, 7) is 3.44. The van der Waals surface area contributed by atoms with Crippen LogP contribution in [0.5, 0.6) is 0 Å². The van der Waals surface area contributed by atoms with Gasteiger partial charge in [0.25, 0.3) is 29.2 Å². The lowest BCUT2D eigenvalue weighted by Gasteiger charge is -2.27. The number of hydrogen-bond acceptors (Lipinski definition) is 11. The molecule has 0 spiro atoms. The van der Waals surface area contributed by atoms with Crippen LogP contribution in [0.1, 0.15) is 112 Å². The fourth-order valence-corrected chi connectivity index (χ4v) is 10.5. The molecular formula is C43H48N6O9S2. The van der Waals surface area contributed by atoms with Gasteiger partial charge in [0, 0.05) is 59.8 Å². The number of nitrogens with one attached hydrogen (secondary N) is 4.